The fourth-order valence-electron chi connectivity index (χ4n) is 2.38. The van der Waals surface area contributed by atoms with Crippen molar-refractivity contribution in [1.29, 1.82) is 0 Å². The molecule has 0 aliphatic rings. The van der Waals surface area contributed by atoms with Gasteiger partial charge in [-0.3, -0.25) is 9.78 Å². The summed E-state index contributed by atoms with van der Waals surface area (Å²) in [7, 11) is 1.55. The molecular weight excluding hydrogens is 306 g/mol. The third-order valence-electron chi connectivity index (χ3n) is 3.58. The highest BCUT2D eigenvalue weighted by atomic mass is 16.5. The molecule has 0 fully saturated rings. The van der Waals surface area contributed by atoms with Crippen LogP contribution in [0.25, 0.3) is 0 Å². The van der Waals surface area contributed by atoms with Crippen molar-refractivity contribution in [2.24, 2.45) is 0 Å². The molecular formula is C18H17N3O3. The van der Waals surface area contributed by atoms with E-state index in [9.17, 15) is 9.90 Å². The van der Waals surface area contributed by atoms with Crippen LogP contribution in [-0.2, 0) is 6.42 Å². The molecule has 0 saturated carbocycles. The second-order valence-corrected chi connectivity index (χ2v) is 5.20. The lowest BCUT2D eigenvalue weighted by Gasteiger charge is -2.11. The Hall–Kier alpha value is -3.28. The van der Waals surface area contributed by atoms with Crippen molar-refractivity contribution in [3.63, 3.8) is 0 Å². The molecule has 0 atom stereocenters. The van der Waals surface area contributed by atoms with Crippen molar-refractivity contribution >= 4 is 11.6 Å². The van der Waals surface area contributed by atoms with E-state index >= 15 is 0 Å². The van der Waals surface area contributed by atoms with Gasteiger partial charge in [-0.1, -0.05) is 42.5 Å². The van der Waals surface area contributed by atoms with Crippen molar-refractivity contribution < 1.29 is 9.84 Å². The molecule has 3 aromatic rings. The third kappa shape index (κ3) is 3.38. The molecule has 122 valence electrons. The van der Waals surface area contributed by atoms with E-state index < -0.39 is 0 Å². The zero-order valence-electron chi connectivity index (χ0n) is 13.1. The maximum absolute atomic E-state index is 12.3. The van der Waals surface area contributed by atoms with Crippen LogP contribution in [0.2, 0.25) is 0 Å². The molecule has 0 spiro atoms. The van der Waals surface area contributed by atoms with Crippen LogP contribution >= 0.6 is 0 Å². The van der Waals surface area contributed by atoms with E-state index in [1.54, 1.807) is 19.2 Å². The van der Waals surface area contributed by atoms with E-state index in [-0.39, 0.29) is 23.0 Å². The van der Waals surface area contributed by atoms with Gasteiger partial charge in [-0.15, -0.1) is 0 Å². The standard InChI is InChI=1S/C18H17N3O3/c1-24-15-10-6-5-9-14(15)19-18-20-16(22)13(17(23)21-18)11-12-7-3-2-4-8-12/h2-10H,11H2,1H3,(H3,19,20,21,22,23). The van der Waals surface area contributed by atoms with E-state index in [4.69, 9.17) is 4.74 Å². The predicted molar refractivity (Wildman–Crippen MR) is 92.0 cm³/mol. The molecule has 3 rings (SSSR count). The number of para-hydroxylation sites is 2. The summed E-state index contributed by atoms with van der Waals surface area (Å²) in [6.07, 6.45) is 0.309. The Morgan fingerprint density at radius 3 is 2.54 bits per heavy atom. The van der Waals surface area contributed by atoms with E-state index in [0.29, 0.717) is 17.9 Å². The summed E-state index contributed by atoms with van der Waals surface area (Å²) in [5.41, 5.74) is 1.40. The minimum atomic E-state index is -0.385. The van der Waals surface area contributed by atoms with Gasteiger partial charge < -0.3 is 15.2 Å². The fraction of sp³-hybridized carbons (Fsp3) is 0.111. The van der Waals surface area contributed by atoms with Gasteiger partial charge in [-0.2, -0.15) is 4.98 Å². The summed E-state index contributed by atoms with van der Waals surface area (Å²) in [6, 6.07) is 16.7. The lowest BCUT2D eigenvalue weighted by atomic mass is 10.1. The SMILES string of the molecule is COc1ccccc1Nc1nc(O)c(Cc2ccccc2)c(=O)[nH]1. The Balaban J connectivity index is 1.88. The van der Waals surface area contributed by atoms with E-state index in [1.807, 2.05) is 42.5 Å². The molecule has 0 aliphatic carbocycles. The monoisotopic (exact) mass is 323 g/mol. The lowest BCUT2D eigenvalue weighted by Crippen LogP contribution is -2.16. The van der Waals surface area contributed by atoms with E-state index in [0.717, 1.165) is 5.56 Å². The number of anilines is 2. The minimum absolute atomic E-state index is 0.152. The van der Waals surface area contributed by atoms with Crippen LogP contribution in [0.3, 0.4) is 0 Å². The first kappa shape index (κ1) is 15.6. The van der Waals surface area contributed by atoms with Crippen LogP contribution in [0.15, 0.2) is 59.4 Å². The zero-order valence-corrected chi connectivity index (χ0v) is 13.1. The first-order valence-electron chi connectivity index (χ1n) is 7.43. The van der Waals surface area contributed by atoms with Gasteiger partial charge in [-0.25, -0.2) is 0 Å². The summed E-state index contributed by atoms with van der Waals surface area (Å²) >= 11 is 0. The van der Waals surface area contributed by atoms with Crippen LogP contribution in [0.4, 0.5) is 11.6 Å². The zero-order chi connectivity index (χ0) is 16.9. The van der Waals surface area contributed by atoms with Gasteiger partial charge in [0.25, 0.3) is 5.56 Å². The number of nitrogens with one attached hydrogen (secondary N) is 2. The summed E-state index contributed by atoms with van der Waals surface area (Å²) in [4.78, 5) is 19.0. The Morgan fingerprint density at radius 2 is 1.83 bits per heavy atom. The van der Waals surface area contributed by atoms with Crippen molar-refractivity contribution in [3.8, 4) is 11.6 Å². The lowest BCUT2D eigenvalue weighted by molar-refractivity contribution is 0.416. The number of benzene rings is 2. The first-order valence-corrected chi connectivity index (χ1v) is 7.43. The molecule has 0 aliphatic heterocycles. The number of rotatable bonds is 5. The molecule has 1 heterocycles. The second kappa shape index (κ2) is 6.87. The Kier molecular flexibility index (Phi) is 4.47. The summed E-state index contributed by atoms with van der Waals surface area (Å²) in [5, 5.41) is 13.1. The van der Waals surface area contributed by atoms with Crippen molar-refractivity contribution in [2.45, 2.75) is 6.42 Å². The van der Waals surface area contributed by atoms with Crippen LogP contribution in [0.1, 0.15) is 11.1 Å². The van der Waals surface area contributed by atoms with Crippen LogP contribution in [-0.4, -0.2) is 22.2 Å². The van der Waals surface area contributed by atoms with Crippen LogP contribution < -0.4 is 15.6 Å². The maximum Gasteiger partial charge on any atom is 0.259 e. The highest BCUT2D eigenvalue weighted by Crippen LogP contribution is 2.26. The van der Waals surface area contributed by atoms with Crippen LogP contribution in [0, 0.1) is 0 Å². The average Bonchev–Trinajstić information content (AvgIpc) is 2.59. The van der Waals surface area contributed by atoms with Crippen molar-refractivity contribution in [1.82, 2.24) is 9.97 Å². The molecule has 3 N–H and O–H groups in total. The van der Waals surface area contributed by atoms with Gasteiger partial charge in [0, 0.05) is 6.42 Å². The number of H-pyrrole nitrogens is 1. The molecule has 0 radical (unpaired) electrons. The maximum atomic E-state index is 12.3. The smallest absolute Gasteiger partial charge is 0.259 e. The second-order valence-electron chi connectivity index (χ2n) is 5.20. The summed E-state index contributed by atoms with van der Waals surface area (Å²) in [6.45, 7) is 0. The predicted octanol–water partition coefficient (Wildman–Crippen LogP) is 2.82. The van der Waals surface area contributed by atoms with Crippen molar-refractivity contribution in [3.05, 3.63) is 76.1 Å². The molecule has 0 unspecified atom stereocenters. The largest absolute Gasteiger partial charge is 0.495 e. The molecule has 0 saturated heterocycles. The van der Waals surface area contributed by atoms with Gasteiger partial charge in [0.15, 0.2) is 0 Å². The Bertz CT molecular complexity index is 892. The average molecular weight is 323 g/mol. The van der Waals surface area contributed by atoms with Crippen molar-refractivity contribution in [2.75, 3.05) is 12.4 Å². The van der Waals surface area contributed by atoms with Gasteiger partial charge in [0.05, 0.1) is 18.4 Å². The summed E-state index contributed by atoms with van der Waals surface area (Å²) in [5.74, 6) is 0.465. The van der Waals surface area contributed by atoms with Gasteiger partial charge in [-0.05, 0) is 17.7 Å². The van der Waals surface area contributed by atoms with E-state index in [2.05, 4.69) is 15.3 Å². The first-order chi connectivity index (χ1) is 11.7. The van der Waals surface area contributed by atoms with E-state index in [1.165, 1.54) is 0 Å². The molecule has 6 nitrogen and oxygen atoms in total. The number of nitrogens with zero attached hydrogens (tertiary/aromatic N) is 1. The van der Waals surface area contributed by atoms with Gasteiger partial charge >= 0.3 is 0 Å². The topological polar surface area (TPSA) is 87.2 Å². The third-order valence-corrected chi connectivity index (χ3v) is 3.58. The van der Waals surface area contributed by atoms with Crippen LogP contribution in [0.5, 0.6) is 11.6 Å². The Labute approximate surface area is 138 Å². The quantitative estimate of drug-likeness (QED) is 0.672. The normalized spacial score (nSPS) is 10.4. The number of methoxy groups -OCH3 is 1. The fourth-order valence-corrected chi connectivity index (χ4v) is 2.38. The summed E-state index contributed by atoms with van der Waals surface area (Å²) < 4.78 is 5.24. The minimum Gasteiger partial charge on any atom is -0.495 e. The molecule has 6 heteroatoms. The molecule has 1 aromatic heterocycles. The number of hydrogen-bond donors (Lipinski definition) is 3. The number of aromatic nitrogens is 2. The molecule has 2 aromatic carbocycles. The number of hydrogen-bond acceptors (Lipinski definition) is 5. The number of aromatic hydroxyl groups is 1. The number of aromatic amines is 1. The van der Waals surface area contributed by atoms with Gasteiger partial charge in [0.1, 0.15) is 5.75 Å². The Morgan fingerprint density at radius 1 is 1.12 bits per heavy atom. The van der Waals surface area contributed by atoms with Gasteiger partial charge in [0.2, 0.25) is 11.8 Å². The highest BCUT2D eigenvalue weighted by Gasteiger charge is 2.12. The molecule has 24 heavy (non-hydrogen) atoms. The highest BCUT2D eigenvalue weighted by molar-refractivity contribution is 5.62. The molecule has 0 amide bonds. The number of ether oxygens (including phenoxy) is 1. The molecule has 0 bridgehead atoms.